The van der Waals surface area contributed by atoms with Crippen molar-refractivity contribution in [2.45, 2.75) is 19.9 Å². The van der Waals surface area contributed by atoms with E-state index < -0.39 is 17.7 Å². The van der Waals surface area contributed by atoms with Crippen LogP contribution in [0.15, 0.2) is 28.1 Å². The van der Waals surface area contributed by atoms with Crippen LogP contribution in [0.25, 0.3) is 0 Å². The second-order valence-corrected chi connectivity index (χ2v) is 6.72. The Labute approximate surface area is 123 Å². The van der Waals surface area contributed by atoms with Crippen molar-refractivity contribution < 1.29 is 8.78 Å². The van der Waals surface area contributed by atoms with Gasteiger partial charge >= 0.3 is 0 Å². The van der Waals surface area contributed by atoms with E-state index in [1.54, 1.807) is 6.92 Å². The lowest BCUT2D eigenvalue weighted by molar-refractivity contribution is 0.509. The maximum absolute atomic E-state index is 14.2. The monoisotopic (exact) mass is 345 g/mol. The molecule has 0 aliphatic carbocycles. The smallest absolute Gasteiger partial charge is 0.134 e. The molecule has 19 heavy (non-hydrogen) atoms. The fourth-order valence-electron chi connectivity index (χ4n) is 1.98. The summed E-state index contributed by atoms with van der Waals surface area (Å²) < 4.78 is 29.2. The molecule has 2 rings (SSSR count). The molecule has 1 unspecified atom stereocenters. The fourth-order valence-corrected chi connectivity index (χ4v) is 3.48. The van der Waals surface area contributed by atoms with Crippen molar-refractivity contribution in [1.82, 2.24) is 5.32 Å². The quantitative estimate of drug-likeness (QED) is 0.839. The number of thiophene rings is 1. The second kappa shape index (κ2) is 6.11. The number of aryl methyl sites for hydroxylation is 1. The molecule has 1 nitrogen and oxygen atoms in total. The van der Waals surface area contributed by atoms with Crippen LogP contribution in [0.1, 0.15) is 29.0 Å². The van der Waals surface area contributed by atoms with E-state index in [0.29, 0.717) is 12.1 Å². The van der Waals surface area contributed by atoms with Gasteiger partial charge in [0.1, 0.15) is 11.6 Å². The fraction of sp³-hybridized carbons (Fsp3) is 0.286. The molecule has 1 heterocycles. The van der Waals surface area contributed by atoms with Crippen molar-refractivity contribution in [3.63, 3.8) is 0 Å². The predicted molar refractivity (Wildman–Crippen MR) is 78.6 cm³/mol. The number of hydrogen-bond acceptors (Lipinski definition) is 2. The van der Waals surface area contributed by atoms with Crippen LogP contribution in [0, 0.1) is 18.6 Å². The topological polar surface area (TPSA) is 12.0 Å². The maximum Gasteiger partial charge on any atom is 0.134 e. The average molecular weight is 346 g/mol. The number of nitrogens with one attached hydrogen (secondary N) is 1. The number of halogens is 3. The SMILES string of the molecule is CCNC(c1ccc(Br)s1)c1c(F)ccc(C)c1F. The van der Waals surface area contributed by atoms with Gasteiger partial charge in [-0.2, -0.15) is 0 Å². The van der Waals surface area contributed by atoms with Crippen LogP contribution in [0.3, 0.4) is 0 Å². The Kier molecular flexibility index (Phi) is 4.71. The highest BCUT2D eigenvalue weighted by atomic mass is 79.9. The zero-order valence-electron chi connectivity index (χ0n) is 10.6. The van der Waals surface area contributed by atoms with Crippen molar-refractivity contribution in [2.75, 3.05) is 6.54 Å². The van der Waals surface area contributed by atoms with Gasteiger partial charge in [0.2, 0.25) is 0 Å². The molecule has 0 saturated heterocycles. The highest BCUT2D eigenvalue weighted by Crippen LogP contribution is 2.34. The van der Waals surface area contributed by atoms with Crippen LogP contribution < -0.4 is 5.32 Å². The first-order chi connectivity index (χ1) is 9.04. The summed E-state index contributed by atoms with van der Waals surface area (Å²) in [6, 6.07) is 6.09. The maximum atomic E-state index is 14.2. The number of hydrogen-bond donors (Lipinski definition) is 1. The van der Waals surface area contributed by atoms with Gasteiger partial charge in [0.15, 0.2) is 0 Å². The van der Waals surface area contributed by atoms with Crippen molar-refractivity contribution >= 4 is 27.3 Å². The standard InChI is InChI=1S/C14H14BrF2NS/c1-3-18-14(10-6-7-11(15)19-10)12-9(16)5-4-8(2)13(12)17/h4-7,14,18H,3H2,1-2H3. The molecule has 1 aromatic heterocycles. The summed E-state index contributed by atoms with van der Waals surface area (Å²) in [6.07, 6.45) is 0. The molecule has 102 valence electrons. The summed E-state index contributed by atoms with van der Waals surface area (Å²) in [5.74, 6) is -0.992. The molecule has 0 amide bonds. The lowest BCUT2D eigenvalue weighted by atomic mass is 10.0. The van der Waals surface area contributed by atoms with Crippen LogP contribution in [0.4, 0.5) is 8.78 Å². The first kappa shape index (κ1) is 14.6. The van der Waals surface area contributed by atoms with Gasteiger partial charge in [0, 0.05) is 10.4 Å². The van der Waals surface area contributed by atoms with Gasteiger partial charge < -0.3 is 5.32 Å². The zero-order chi connectivity index (χ0) is 14.0. The van der Waals surface area contributed by atoms with Crippen molar-refractivity contribution in [3.8, 4) is 0 Å². The highest BCUT2D eigenvalue weighted by molar-refractivity contribution is 9.11. The minimum Gasteiger partial charge on any atom is -0.306 e. The molecule has 0 saturated carbocycles. The van der Waals surface area contributed by atoms with E-state index in [-0.39, 0.29) is 5.56 Å². The van der Waals surface area contributed by atoms with Gasteiger partial charge in [0.25, 0.3) is 0 Å². The normalized spacial score (nSPS) is 12.7. The molecule has 0 aliphatic heterocycles. The summed E-state index contributed by atoms with van der Waals surface area (Å²) in [4.78, 5) is 0.886. The molecule has 1 aromatic carbocycles. The predicted octanol–water partition coefficient (Wildman–Crippen LogP) is 4.80. The third-order valence-electron chi connectivity index (χ3n) is 2.90. The molecular formula is C14H14BrF2NS. The molecule has 1 atom stereocenters. The van der Waals surface area contributed by atoms with E-state index in [1.807, 2.05) is 19.1 Å². The van der Waals surface area contributed by atoms with Crippen molar-refractivity contribution in [1.29, 1.82) is 0 Å². The van der Waals surface area contributed by atoms with Crippen LogP contribution in [0.5, 0.6) is 0 Å². The highest BCUT2D eigenvalue weighted by Gasteiger charge is 2.23. The van der Waals surface area contributed by atoms with Gasteiger partial charge in [0.05, 0.1) is 9.83 Å². The molecular weight excluding hydrogens is 332 g/mol. The summed E-state index contributed by atoms with van der Waals surface area (Å²) in [5.41, 5.74) is 0.547. The van der Waals surface area contributed by atoms with Crippen LogP contribution in [-0.4, -0.2) is 6.54 Å². The molecule has 5 heteroatoms. The lowest BCUT2D eigenvalue weighted by Crippen LogP contribution is -2.23. The molecule has 0 radical (unpaired) electrons. The van der Waals surface area contributed by atoms with Gasteiger partial charge in [-0.1, -0.05) is 13.0 Å². The molecule has 0 bridgehead atoms. The van der Waals surface area contributed by atoms with Crippen LogP contribution >= 0.6 is 27.3 Å². The number of rotatable bonds is 4. The van der Waals surface area contributed by atoms with Crippen molar-refractivity contribution in [3.05, 3.63) is 55.7 Å². The summed E-state index contributed by atoms with van der Waals surface area (Å²) >= 11 is 4.85. The third kappa shape index (κ3) is 3.04. The van der Waals surface area contributed by atoms with Gasteiger partial charge in [-0.25, -0.2) is 8.78 Å². The van der Waals surface area contributed by atoms with E-state index >= 15 is 0 Å². The van der Waals surface area contributed by atoms with E-state index in [4.69, 9.17) is 0 Å². The Hall–Kier alpha value is -0.780. The lowest BCUT2D eigenvalue weighted by Gasteiger charge is -2.19. The van der Waals surface area contributed by atoms with Crippen LogP contribution in [0.2, 0.25) is 0 Å². The summed E-state index contributed by atoms with van der Waals surface area (Å²) in [5, 5.41) is 3.15. The molecule has 2 aromatic rings. The Morgan fingerprint density at radius 1 is 1.26 bits per heavy atom. The molecule has 0 fully saturated rings. The Morgan fingerprint density at radius 2 is 2.00 bits per heavy atom. The Balaban J connectivity index is 2.53. The van der Waals surface area contributed by atoms with Crippen molar-refractivity contribution in [2.24, 2.45) is 0 Å². The first-order valence-corrected chi connectivity index (χ1v) is 7.58. The largest absolute Gasteiger partial charge is 0.306 e. The summed E-state index contributed by atoms with van der Waals surface area (Å²) in [7, 11) is 0. The average Bonchev–Trinajstić information content (AvgIpc) is 2.80. The van der Waals surface area contributed by atoms with E-state index in [9.17, 15) is 8.78 Å². The second-order valence-electron chi connectivity index (χ2n) is 4.22. The van der Waals surface area contributed by atoms with E-state index in [1.165, 1.54) is 23.5 Å². The summed E-state index contributed by atoms with van der Waals surface area (Å²) in [6.45, 7) is 4.19. The first-order valence-electron chi connectivity index (χ1n) is 5.97. The minimum absolute atomic E-state index is 0.0937. The van der Waals surface area contributed by atoms with Gasteiger partial charge in [-0.05, 0) is 53.2 Å². The Bertz CT molecular complexity index is 583. The third-order valence-corrected chi connectivity index (χ3v) is 4.58. The van der Waals surface area contributed by atoms with Crippen LogP contribution in [-0.2, 0) is 0 Å². The minimum atomic E-state index is -0.515. The zero-order valence-corrected chi connectivity index (χ0v) is 13.0. The number of benzene rings is 1. The Morgan fingerprint density at radius 3 is 2.58 bits per heavy atom. The van der Waals surface area contributed by atoms with E-state index in [2.05, 4.69) is 21.2 Å². The van der Waals surface area contributed by atoms with E-state index in [0.717, 1.165) is 8.66 Å². The van der Waals surface area contributed by atoms with Gasteiger partial charge in [-0.15, -0.1) is 11.3 Å². The van der Waals surface area contributed by atoms with Gasteiger partial charge in [-0.3, -0.25) is 0 Å². The molecule has 0 spiro atoms. The molecule has 0 aliphatic rings. The molecule has 1 N–H and O–H groups in total.